The van der Waals surface area contributed by atoms with Gasteiger partial charge in [-0.2, -0.15) is 0 Å². The van der Waals surface area contributed by atoms with Gasteiger partial charge in [0.1, 0.15) is 0 Å². The number of carbonyl (C=O) groups excluding carboxylic acids is 1. The molecule has 0 rings (SSSR count). The van der Waals surface area contributed by atoms with Gasteiger partial charge in [0.25, 0.3) is 0 Å². The second-order valence-electron chi connectivity index (χ2n) is 2.09. The summed E-state index contributed by atoms with van der Waals surface area (Å²) < 4.78 is 0. The van der Waals surface area contributed by atoms with Crippen LogP contribution in [-0.2, 0) is 4.79 Å². The van der Waals surface area contributed by atoms with E-state index in [1.165, 1.54) is 0 Å². The first-order chi connectivity index (χ1) is 4.85. The lowest BCUT2D eigenvalue weighted by Gasteiger charge is -2.08. The van der Waals surface area contributed by atoms with Gasteiger partial charge in [-0.25, -0.2) is 0 Å². The number of rotatable bonds is 6. The van der Waals surface area contributed by atoms with E-state index in [0.29, 0.717) is 19.4 Å². The van der Waals surface area contributed by atoms with E-state index in [1.54, 1.807) is 0 Å². The average molecular weight is 147 g/mol. The van der Waals surface area contributed by atoms with Gasteiger partial charge in [-0.1, -0.05) is 0 Å². The summed E-state index contributed by atoms with van der Waals surface area (Å²) in [5.74, 6) is -0.104. The Morgan fingerprint density at radius 1 is 1.40 bits per heavy atom. The molecular weight excluding hydrogens is 134 g/mol. The Bertz CT molecular complexity index is 83.1. The quantitative estimate of drug-likeness (QED) is 0.324. The van der Waals surface area contributed by atoms with Gasteiger partial charge in [-0.15, -0.1) is 0 Å². The highest BCUT2D eigenvalue weighted by molar-refractivity contribution is 5.45. The largest absolute Gasteiger partial charge is 0.396 e. The molecule has 0 aliphatic carbocycles. The van der Waals surface area contributed by atoms with E-state index in [-0.39, 0.29) is 19.1 Å². The van der Waals surface area contributed by atoms with Crippen molar-refractivity contribution in [1.29, 1.82) is 0 Å². The number of carbonyl (C=O) groups is 1. The Morgan fingerprint density at radius 3 is 2.40 bits per heavy atom. The summed E-state index contributed by atoms with van der Waals surface area (Å²) in [6.07, 6.45) is 1.22. The molecule has 10 heavy (non-hydrogen) atoms. The minimum atomic E-state index is -0.104. The van der Waals surface area contributed by atoms with Crippen LogP contribution in [0.5, 0.6) is 0 Å². The van der Waals surface area contributed by atoms with Gasteiger partial charge in [0.15, 0.2) is 0 Å². The first-order valence-electron chi connectivity index (χ1n) is 3.24. The van der Waals surface area contributed by atoms with Crippen LogP contribution in [0.25, 0.3) is 0 Å². The maximum atomic E-state index is 9.73. The molecule has 0 aliphatic rings. The second-order valence-corrected chi connectivity index (χ2v) is 2.09. The maximum Gasteiger partial charge on any atom is 0.207 e. The summed E-state index contributed by atoms with van der Waals surface area (Å²) in [5.41, 5.74) is 0. The van der Waals surface area contributed by atoms with E-state index in [0.717, 1.165) is 0 Å². The zero-order valence-electron chi connectivity index (χ0n) is 5.79. The van der Waals surface area contributed by atoms with Crippen LogP contribution in [0.15, 0.2) is 0 Å². The highest BCUT2D eigenvalue weighted by atomic mass is 16.3. The van der Waals surface area contributed by atoms with Gasteiger partial charge < -0.3 is 15.5 Å². The van der Waals surface area contributed by atoms with Crippen LogP contribution in [0, 0.1) is 5.92 Å². The van der Waals surface area contributed by atoms with Crippen molar-refractivity contribution in [3.63, 3.8) is 0 Å². The van der Waals surface area contributed by atoms with Crippen molar-refractivity contribution in [2.75, 3.05) is 19.8 Å². The molecule has 0 aromatic carbocycles. The van der Waals surface area contributed by atoms with Gasteiger partial charge in [-0.05, 0) is 6.42 Å². The van der Waals surface area contributed by atoms with E-state index in [2.05, 4.69) is 5.32 Å². The number of aliphatic hydroxyl groups excluding tert-OH is 2. The van der Waals surface area contributed by atoms with Crippen LogP contribution >= 0.6 is 0 Å². The highest BCUT2D eigenvalue weighted by Crippen LogP contribution is 1.97. The molecule has 0 aliphatic heterocycles. The molecule has 4 nitrogen and oxygen atoms in total. The van der Waals surface area contributed by atoms with Crippen molar-refractivity contribution in [1.82, 2.24) is 5.32 Å². The molecular formula is C6H13NO3. The Morgan fingerprint density at radius 2 is 2.00 bits per heavy atom. The third-order valence-corrected chi connectivity index (χ3v) is 1.30. The SMILES string of the molecule is O=CNCCC(CO)CO. The van der Waals surface area contributed by atoms with E-state index in [4.69, 9.17) is 10.2 Å². The normalized spacial score (nSPS) is 9.90. The number of hydrogen-bond acceptors (Lipinski definition) is 3. The predicted molar refractivity (Wildman–Crippen MR) is 36.3 cm³/mol. The molecule has 1 amide bonds. The van der Waals surface area contributed by atoms with Crippen LogP contribution < -0.4 is 5.32 Å². The Labute approximate surface area is 59.9 Å². The van der Waals surface area contributed by atoms with Crippen molar-refractivity contribution < 1.29 is 15.0 Å². The molecule has 0 unspecified atom stereocenters. The smallest absolute Gasteiger partial charge is 0.207 e. The van der Waals surface area contributed by atoms with E-state index >= 15 is 0 Å². The second kappa shape index (κ2) is 6.51. The lowest BCUT2D eigenvalue weighted by molar-refractivity contribution is -0.109. The standard InChI is InChI=1S/C6H13NO3/c8-3-6(4-9)1-2-7-5-10/h5-6,8-9H,1-4H2,(H,7,10). The maximum absolute atomic E-state index is 9.73. The summed E-state index contributed by atoms with van der Waals surface area (Å²) in [4.78, 5) is 9.73. The molecule has 3 N–H and O–H groups in total. The molecule has 0 heterocycles. The van der Waals surface area contributed by atoms with Crippen molar-refractivity contribution in [2.24, 2.45) is 5.92 Å². The van der Waals surface area contributed by atoms with Crippen molar-refractivity contribution in [2.45, 2.75) is 6.42 Å². The lowest BCUT2D eigenvalue weighted by Crippen LogP contribution is -2.20. The van der Waals surface area contributed by atoms with Gasteiger partial charge in [-0.3, -0.25) is 4.79 Å². The molecule has 0 bridgehead atoms. The van der Waals surface area contributed by atoms with Crippen LogP contribution in [0.3, 0.4) is 0 Å². The van der Waals surface area contributed by atoms with Gasteiger partial charge in [0.2, 0.25) is 6.41 Å². The first kappa shape index (κ1) is 9.39. The molecule has 0 atom stereocenters. The molecule has 4 heteroatoms. The van der Waals surface area contributed by atoms with Crippen molar-refractivity contribution in [3.8, 4) is 0 Å². The summed E-state index contributed by atoms with van der Waals surface area (Å²) in [6.45, 7) is 0.448. The Hall–Kier alpha value is -0.610. The zero-order valence-corrected chi connectivity index (χ0v) is 5.79. The minimum Gasteiger partial charge on any atom is -0.396 e. The molecule has 0 fully saturated rings. The fourth-order valence-corrected chi connectivity index (χ4v) is 0.587. The summed E-state index contributed by atoms with van der Waals surface area (Å²) in [5, 5.41) is 19.5. The van der Waals surface area contributed by atoms with Gasteiger partial charge in [0.05, 0.1) is 0 Å². The monoisotopic (exact) mass is 147 g/mol. The minimum absolute atomic E-state index is 0.0307. The van der Waals surface area contributed by atoms with Gasteiger partial charge in [0, 0.05) is 25.7 Å². The highest BCUT2D eigenvalue weighted by Gasteiger charge is 2.03. The van der Waals surface area contributed by atoms with Gasteiger partial charge >= 0.3 is 0 Å². The van der Waals surface area contributed by atoms with Crippen molar-refractivity contribution in [3.05, 3.63) is 0 Å². The Kier molecular flexibility index (Phi) is 6.11. The van der Waals surface area contributed by atoms with Crippen LogP contribution in [0.1, 0.15) is 6.42 Å². The molecule has 60 valence electrons. The number of nitrogens with one attached hydrogen (secondary N) is 1. The number of aliphatic hydroxyl groups is 2. The summed E-state index contributed by atoms with van der Waals surface area (Å²) in [7, 11) is 0. The number of hydrogen-bond donors (Lipinski definition) is 3. The molecule has 0 spiro atoms. The van der Waals surface area contributed by atoms with Crippen LogP contribution in [0.4, 0.5) is 0 Å². The zero-order chi connectivity index (χ0) is 7.82. The fourth-order valence-electron chi connectivity index (χ4n) is 0.587. The van der Waals surface area contributed by atoms with Crippen LogP contribution in [-0.4, -0.2) is 36.4 Å². The molecule has 0 saturated carbocycles. The summed E-state index contributed by atoms with van der Waals surface area (Å²) >= 11 is 0. The molecule has 0 saturated heterocycles. The first-order valence-corrected chi connectivity index (χ1v) is 3.24. The predicted octanol–water partition coefficient (Wildman–Crippen LogP) is -1.28. The topological polar surface area (TPSA) is 69.6 Å². The summed E-state index contributed by atoms with van der Waals surface area (Å²) in [6, 6.07) is 0. The van der Waals surface area contributed by atoms with E-state index in [9.17, 15) is 4.79 Å². The van der Waals surface area contributed by atoms with E-state index < -0.39 is 0 Å². The third-order valence-electron chi connectivity index (χ3n) is 1.30. The Balaban J connectivity index is 3.16. The van der Waals surface area contributed by atoms with E-state index in [1.807, 2.05) is 0 Å². The molecule has 0 aromatic heterocycles. The third kappa shape index (κ3) is 4.29. The van der Waals surface area contributed by atoms with Crippen LogP contribution in [0.2, 0.25) is 0 Å². The van der Waals surface area contributed by atoms with Crippen molar-refractivity contribution >= 4 is 6.41 Å². The molecule has 0 radical (unpaired) electrons. The average Bonchev–Trinajstić information content (AvgIpc) is 1.99. The number of amides is 1. The lowest BCUT2D eigenvalue weighted by atomic mass is 10.1. The molecule has 0 aromatic rings. The fraction of sp³-hybridized carbons (Fsp3) is 0.833.